The summed E-state index contributed by atoms with van der Waals surface area (Å²) in [4.78, 5) is 15.5. The van der Waals surface area contributed by atoms with Gasteiger partial charge < -0.3 is 20.1 Å². The molecule has 6 heteroatoms. The number of amides is 1. The van der Waals surface area contributed by atoms with E-state index in [0.717, 1.165) is 54.7 Å². The van der Waals surface area contributed by atoms with E-state index in [1.807, 2.05) is 35.2 Å². The SMILES string of the molecule is COc1ccc(CN2C(=O)C3(CCC3)c3cc(N)cc(OC4CCCCC4F)c32)cc1. The molecule has 0 bridgehead atoms. The molecule has 2 atom stereocenters. The normalized spacial score (nSPS) is 24.1. The zero-order valence-electron chi connectivity index (χ0n) is 17.9. The van der Waals surface area contributed by atoms with Crippen molar-refractivity contribution in [1.29, 1.82) is 0 Å². The first-order valence-corrected chi connectivity index (χ1v) is 11.2. The maximum atomic E-state index is 14.6. The first-order valence-electron chi connectivity index (χ1n) is 11.2. The molecule has 5 rings (SSSR count). The monoisotopic (exact) mass is 424 g/mol. The minimum Gasteiger partial charge on any atom is -0.497 e. The highest BCUT2D eigenvalue weighted by molar-refractivity contribution is 6.10. The van der Waals surface area contributed by atoms with Gasteiger partial charge in [-0.1, -0.05) is 25.0 Å². The second-order valence-corrected chi connectivity index (χ2v) is 9.05. The molecular weight excluding hydrogens is 395 g/mol. The molecule has 1 aliphatic heterocycles. The third-order valence-corrected chi connectivity index (χ3v) is 7.14. The summed E-state index contributed by atoms with van der Waals surface area (Å²) in [6.07, 6.45) is 4.21. The van der Waals surface area contributed by atoms with Crippen LogP contribution >= 0.6 is 0 Å². The number of nitrogens with two attached hydrogens (primary N) is 1. The Morgan fingerprint density at radius 3 is 2.52 bits per heavy atom. The van der Waals surface area contributed by atoms with Crippen molar-refractivity contribution >= 4 is 17.3 Å². The van der Waals surface area contributed by atoms with Gasteiger partial charge in [0.2, 0.25) is 5.91 Å². The molecule has 2 N–H and O–H groups in total. The Morgan fingerprint density at radius 2 is 1.87 bits per heavy atom. The van der Waals surface area contributed by atoms with Crippen molar-refractivity contribution in [1.82, 2.24) is 0 Å². The molecular formula is C25H29FN2O3. The summed E-state index contributed by atoms with van der Waals surface area (Å²) in [6.45, 7) is 0.432. The van der Waals surface area contributed by atoms with Crippen LogP contribution in [-0.4, -0.2) is 25.3 Å². The van der Waals surface area contributed by atoms with Crippen molar-refractivity contribution in [3.63, 3.8) is 0 Å². The van der Waals surface area contributed by atoms with Crippen LogP contribution in [0.5, 0.6) is 11.5 Å². The van der Waals surface area contributed by atoms with Gasteiger partial charge in [0.1, 0.15) is 23.8 Å². The van der Waals surface area contributed by atoms with Crippen molar-refractivity contribution in [3.8, 4) is 11.5 Å². The van der Waals surface area contributed by atoms with E-state index >= 15 is 0 Å². The number of carbonyl (C=O) groups is 1. The molecule has 0 saturated heterocycles. The van der Waals surface area contributed by atoms with Crippen molar-refractivity contribution < 1.29 is 18.7 Å². The lowest BCUT2D eigenvalue weighted by Gasteiger charge is -2.37. The van der Waals surface area contributed by atoms with Gasteiger partial charge in [-0.2, -0.15) is 0 Å². The van der Waals surface area contributed by atoms with Crippen LogP contribution in [0.2, 0.25) is 0 Å². The summed E-state index contributed by atoms with van der Waals surface area (Å²) in [5.74, 6) is 1.41. The number of carbonyl (C=O) groups excluding carboxylic acids is 1. The number of alkyl halides is 1. The van der Waals surface area contributed by atoms with Crippen molar-refractivity contribution in [3.05, 3.63) is 47.5 Å². The fourth-order valence-electron chi connectivity index (χ4n) is 5.26. The van der Waals surface area contributed by atoms with Gasteiger partial charge >= 0.3 is 0 Å². The van der Waals surface area contributed by atoms with Crippen molar-refractivity contribution in [2.75, 3.05) is 17.7 Å². The molecule has 2 saturated carbocycles. The number of nitrogens with zero attached hydrogens (tertiary/aromatic N) is 1. The molecule has 0 radical (unpaired) electrons. The Hall–Kier alpha value is -2.76. The first kappa shape index (κ1) is 20.2. The molecule has 5 nitrogen and oxygen atoms in total. The van der Waals surface area contributed by atoms with Gasteiger partial charge in [0, 0.05) is 11.8 Å². The highest BCUT2D eigenvalue weighted by Gasteiger charge is 2.55. The zero-order valence-corrected chi connectivity index (χ0v) is 17.9. The van der Waals surface area contributed by atoms with E-state index in [0.29, 0.717) is 30.8 Å². The molecule has 2 aliphatic carbocycles. The van der Waals surface area contributed by atoms with E-state index in [4.69, 9.17) is 15.2 Å². The second-order valence-electron chi connectivity index (χ2n) is 9.05. The molecule has 3 aliphatic rings. The van der Waals surface area contributed by atoms with E-state index in [9.17, 15) is 9.18 Å². The Morgan fingerprint density at radius 1 is 1.13 bits per heavy atom. The molecule has 2 aromatic carbocycles. The number of nitrogen functional groups attached to an aromatic ring is 1. The number of ether oxygens (including phenoxy) is 2. The molecule has 1 spiro atoms. The van der Waals surface area contributed by atoms with Crippen LogP contribution in [0.4, 0.5) is 15.8 Å². The molecule has 1 amide bonds. The lowest BCUT2D eigenvalue weighted by molar-refractivity contribution is -0.126. The van der Waals surface area contributed by atoms with Crippen LogP contribution in [0.15, 0.2) is 36.4 Å². The summed E-state index contributed by atoms with van der Waals surface area (Å²) in [7, 11) is 1.63. The standard InChI is InChI=1S/C25H29FN2O3/c1-30-18-9-7-16(8-10-18)15-28-23-19(25(24(28)29)11-4-12-25)13-17(27)14-22(23)31-21-6-3-2-5-20(21)26/h7-10,13-14,20-21H,2-6,11-12,15,27H2,1H3. The molecule has 31 heavy (non-hydrogen) atoms. The third kappa shape index (κ3) is 3.33. The molecule has 2 aromatic rings. The van der Waals surface area contributed by atoms with Crippen LogP contribution in [0, 0.1) is 0 Å². The highest BCUT2D eigenvalue weighted by atomic mass is 19.1. The Balaban J connectivity index is 1.54. The molecule has 2 fully saturated rings. The minimum absolute atomic E-state index is 0.0976. The van der Waals surface area contributed by atoms with E-state index in [-0.39, 0.29) is 5.91 Å². The fraction of sp³-hybridized carbons (Fsp3) is 0.480. The molecule has 164 valence electrons. The molecule has 0 aromatic heterocycles. The van der Waals surface area contributed by atoms with E-state index in [2.05, 4.69) is 0 Å². The van der Waals surface area contributed by atoms with E-state index < -0.39 is 17.7 Å². The van der Waals surface area contributed by atoms with Crippen LogP contribution in [0.3, 0.4) is 0 Å². The smallest absolute Gasteiger partial charge is 0.238 e. The van der Waals surface area contributed by atoms with Crippen LogP contribution < -0.4 is 20.1 Å². The number of halogens is 1. The predicted molar refractivity (Wildman–Crippen MR) is 118 cm³/mol. The fourth-order valence-corrected chi connectivity index (χ4v) is 5.26. The van der Waals surface area contributed by atoms with Gasteiger partial charge in [0.05, 0.1) is 24.8 Å². The largest absolute Gasteiger partial charge is 0.497 e. The number of fused-ring (bicyclic) bond motifs is 2. The number of methoxy groups -OCH3 is 1. The lowest BCUT2D eigenvalue weighted by Crippen LogP contribution is -2.44. The topological polar surface area (TPSA) is 64.8 Å². The van der Waals surface area contributed by atoms with Gasteiger partial charge in [0.15, 0.2) is 0 Å². The Labute approximate surface area is 182 Å². The lowest BCUT2D eigenvalue weighted by atomic mass is 9.65. The number of hydrogen-bond donors (Lipinski definition) is 1. The van der Waals surface area contributed by atoms with E-state index in [1.165, 1.54) is 0 Å². The molecule has 1 heterocycles. The maximum absolute atomic E-state index is 14.6. The van der Waals surface area contributed by atoms with Crippen LogP contribution in [0.1, 0.15) is 56.1 Å². The van der Waals surface area contributed by atoms with Crippen molar-refractivity contribution in [2.24, 2.45) is 0 Å². The van der Waals surface area contributed by atoms with E-state index in [1.54, 1.807) is 13.2 Å². The highest BCUT2D eigenvalue weighted by Crippen LogP contribution is 2.57. The van der Waals surface area contributed by atoms with Gasteiger partial charge in [-0.25, -0.2) is 4.39 Å². The van der Waals surface area contributed by atoms with Gasteiger partial charge in [-0.15, -0.1) is 0 Å². The Bertz CT molecular complexity index is 987. The third-order valence-electron chi connectivity index (χ3n) is 7.14. The number of hydrogen-bond acceptors (Lipinski definition) is 4. The van der Waals surface area contributed by atoms with Crippen LogP contribution in [-0.2, 0) is 16.8 Å². The minimum atomic E-state index is -0.990. The Kier molecular flexibility index (Phi) is 5.03. The van der Waals surface area contributed by atoms with Gasteiger partial charge in [-0.3, -0.25) is 4.79 Å². The zero-order chi connectivity index (χ0) is 21.6. The summed E-state index contributed by atoms with van der Waals surface area (Å²) in [5.41, 5.74) is 8.99. The summed E-state index contributed by atoms with van der Waals surface area (Å²) in [6, 6.07) is 11.4. The maximum Gasteiger partial charge on any atom is 0.238 e. The molecule has 2 unspecified atom stereocenters. The first-order chi connectivity index (χ1) is 15.0. The number of benzene rings is 2. The summed E-state index contributed by atoms with van der Waals surface area (Å²) in [5, 5.41) is 0. The summed E-state index contributed by atoms with van der Waals surface area (Å²) >= 11 is 0. The second kappa shape index (κ2) is 7.74. The van der Waals surface area contributed by atoms with Gasteiger partial charge in [-0.05, 0) is 61.4 Å². The summed E-state index contributed by atoms with van der Waals surface area (Å²) < 4.78 is 26.0. The number of anilines is 2. The quantitative estimate of drug-likeness (QED) is 0.693. The predicted octanol–water partition coefficient (Wildman–Crippen LogP) is 4.91. The average Bonchev–Trinajstić information content (AvgIpc) is 2.98. The van der Waals surface area contributed by atoms with Crippen molar-refractivity contribution in [2.45, 2.75) is 69.2 Å². The van der Waals surface area contributed by atoms with Crippen LogP contribution in [0.25, 0.3) is 0 Å². The van der Waals surface area contributed by atoms with Gasteiger partial charge in [0.25, 0.3) is 0 Å². The number of rotatable bonds is 5. The average molecular weight is 425 g/mol.